The molecule has 194 valence electrons. The van der Waals surface area contributed by atoms with E-state index in [1.807, 2.05) is 42.5 Å². The quantitative estimate of drug-likeness (QED) is 0.255. The van der Waals surface area contributed by atoms with Crippen molar-refractivity contribution >= 4 is 45.4 Å². The Balaban J connectivity index is 1.50. The first kappa shape index (κ1) is 24.6. The minimum Gasteiger partial charge on any atom is -0.495 e. The lowest BCUT2D eigenvalue weighted by atomic mass is 10.0. The van der Waals surface area contributed by atoms with E-state index in [0.717, 1.165) is 22.8 Å². The molecule has 2 aromatic heterocycles. The van der Waals surface area contributed by atoms with Gasteiger partial charge in [-0.3, -0.25) is 9.78 Å². The Hall–Kier alpha value is -4.69. The molecule has 39 heavy (non-hydrogen) atoms. The zero-order valence-electron chi connectivity index (χ0n) is 21.5. The lowest BCUT2D eigenvalue weighted by Crippen LogP contribution is -2.30. The van der Waals surface area contributed by atoms with Gasteiger partial charge in [0, 0.05) is 36.4 Å². The van der Waals surface area contributed by atoms with Crippen LogP contribution in [0.3, 0.4) is 0 Å². The number of nitrogens with zero attached hydrogens (tertiary/aromatic N) is 3. The van der Waals surface area contributed by atoms with Crippen LogP contribution in [0.5, 0.6) is 5.75 Å². The first-order chi connectivity index (χ1) is 19.0. The number of benzene rings is 3. The number of methoxy groups -OCH3 is 1. The summed E-state index contributed by atoms with van der Waals surface area (Å²) in [6.07, 6.45) is 3.87. The molecule has 8 heteroatoms. The number of anilines is 2. The summed E-state index contributed by atoms with van der Waals surface area (Å²) in [7, 11) is 1.58. The number of carbonyl (C=O) groups excluding carboxylic acids is 1. The van der Waals surface area contributed by atoms with Crippen LogP contribution in [0.25, 0.3) is 16.5 Å². The third-order valence-corrected chi connectivity index (χ3v) is 7.28. The van der Waals surface area contributed by atoms with Gasteiger partial charge in [-0.15, -0.1) is 0 Å². The monoisotopic (exact) mass is 533 g/mol. The fraction of sp³-hybridized carbons (Fsp3) is 0.129. The predicted octanol–water partition coefficient (Wildman–Crippen LogP) is 6.17. The average molecular weight is 534 g/mol. The highest BCUT2D eigenvalue weighted by atomic mass is 32.1. The Labute approximate surface area is 232 Å². The fourth-order valence-corrected chi connectivity index (χ4v) is 5.61. The molecule has 6 rings (SSSR count). The van der Waals surface area contributed by atoms with Crippen molar-refractivity contribution in [3.63, 3.8) is 0 Å². The van der Waals surface area contributed by atoms with E-state index in [1.165, 1.54) is 17.7 Å². The van der Waals surface area contributed by atoms with Gasteiger partial charge in [0.05, 0.1) is 24.5 Å². The first-order valence-corrected chi connectivity index (χ1v) is 13.1. The molecule has 3 aromatic carbocycles. The van der Waals surface area contributed by atoms with Crippen molar-refractivity contribution in [1.29, 1.82) is 0 Å². The van der Waals surface area contributed by atoms with E-state index in [9.17, 15) is 4.79 Å². The molecule has 0 saturated carbocycles. The zero-order chi connectivity index (χ0) is 26.9. The zero-order valence-corrected chi connectivity index (χ0v) is 22.4. The number of ether oxygens (including phenoxy) is 1. The second-order valence-electron chi connectivity index (χ2n) is 9.40. The highest BCUT2D eigenvalue weighted by Crippen LogP contribution is 2.44. The van der Waals surface area contributed by atoms with Crippen LogP contribution in [0.15, 0.2) is 103 Å². The van der Waals surface area contributed by atoms with E-state index < -0.39 is 0 Å². The van der Waals surface area contributed by atoms with Crippen LogP contribution in [0.1, 0.15) is 30.4 Å². The molecule has 0 bridgehead atoms. The van der Waals surface area contributed by atoms with Gasteiger partial charge in [0.25, 0.3) is 0 Å². The molecule has 0 unspecified atom stereocenters. The van der Waals surface area contributed by atoms with Crippen molar-refractivity contribution in [2.45, 2.75) is 19.0 Å². The van der Waals surface area contributed by atoms with Crippen LogP contribution in [0.2, 0.25) is 0 Å². The Morgan fingerprint density at radius 3 is 2.51 bits per heavy atom. The number of aromatic nitrogens is 2. The van der Waals surface area contributed by atoms with Crippen LogP contribution < -0.4 is 20.3 Å². The minimum absolute atomic E-state index is 0.180. The molecule has 0 radical (unpaired) electrons. The summed E-state index contributed by atoms with van der Waals surface area (Å²) < 4.78 is 7.70. The molecule has 0 aliphatic carbocycles. The largest absolute Gasteiger partial charge is 0.495 e. The van der Waals surface area contributed by atoms with Crippen LogP contribution in [0.4, 0.5) is 11.4 Å². The van der Waals surface area contributed by atoms with Gasteiger partial charge in [0.15, 0.2) is 5.11 Å². The summed E-state index contributed by atoms with van der Waals surface area (Å²) in [5.74, 6) is 0.394. The topological polar surface area (TPSA) is 71.4 Å². The molecule has 2 atom stereocenters. The summed E-state index contributed by atoms with van der Waals surface area (Å²) in [5, 5.41) is 9.32. The van der Waals surface area contributed by atoms with Crippen molar-refractivity contribution in [1.82, 2.24) is 14.9 Å². The second-order valence-corrected chi connectivity index (χ2v) is 9.78. The van der Waals surface area contributed by atoms with Crippen molar-refractivity contribution in [3.8, 4) is 11.4 Å². The maximum atomic E-state index is 11.9. The maximum absolute atomic E-state index is 11.9. The van der Waals surface area contributed by atoms with E-state index >= 15 is 0 Å². The summed E-state index contributed by atoms with van der Waals surface area (Å²) in [6, 6.07) is 30.1. The molecular weight excluding hydrogens is 506 g/mol. The van der Waals surface area contributed by atoms with Crippen molar-refractivity contribution in [2.24, 2.45) is 0 Å². The molecule has 5 aromatic rings. The fourth-order valence-electron chi connectivity index (χ4n) is 5.26. The standard InChI is InChI=1S/C31H27N5O2S/c1-20(37)33-26-19-24(14-15-28(26)38-2)36-30(29(34-31(36)39)25-10-5-6-16-32-25)27-11-7-17-35(27)23-13-12-21-8-3-4-9-22(21)18-23/h3-19,29-30H,1-2H3,(H,33,37)(H,34,39)/t29-,30-/m1/s1. The number of hydrogen-bond donors (Lipinski definition) is 2. The average Bonchev–Trinajstić information content (AvgIpc) is 3.57. The lowest BCUT2D eigenvalue weighted by molar-refractivity contribution is -0.114. The number of hydrogen-bond acceptors (Lipinski definition) is 4. The summed E-state index contributed by atoms with van der Waals surface area (Å²) in [5.41, 5.74) is 4.39. The normalized spacial score (nSPS) is 16.8. The number of pyridine rings is 1. The van der Waals surface area contributed by atoms with E-state index in [1.54, 1.807) is 13.3 Å². The highest BCUT2D eigenvalue weighted by molar-refractivity contribution is 7.80. The van der Waals surface area contributed by atoms with Gasteiger partial charge in [-0.2, -0.15) is 0 Å². The van der Waals surface area contributed by atoms with Gasteiger partial charge in [0.1, 0.15) is 11.8 Å². The Kier molecular flexibility index (Phi) is 6.46. The predicted molar refractivity (Wildman–Crippen MR) is 159 cm³/mol. The van der Waals surface area contributed by atoms with Gasteiger partial charge in [0.2, 0.25) is 5.91 Å². The van der Waals surface area contributed by atoms with Crippen molar-refractivity contribution in [2.75, 3.05) is 17.3 Å². The molecule has 3 heterocycles. The van der Waals surface area contributed by atoms with E-state index in [2.05, 4.69) is 79.8 Å². The first-order valence-electron chi connectivity index (χ1n) is 12.7. The molecule has 1 amide bonds. The minimum atomic E-state index is -0.229. The van der Waals surface area contributed by atoms with Gasteiger partial charge in [-0.1, -0.05) is 36.4 Å². The Morgan fingerprint density at radius 2 is 1.74 bits per heavy atom. The molecule has 1 fully saturated rings. The molecule has 1 saturated heterocycles. The van der Waals surface area contributed by atoms with Gasteiger partial charge >= 0.3 is 0 Å². The van der Waals surface area contributed by atoms with Crippen LogP contribution >= 0.6 is 12.2 Å². The number of fused-ring (bicyclic) bond motifs is 1. The molecule has 0 spiro atoms. The SMILES string of the molecule is COc1ccc(N2C(=S)N[C@H](c3ccccn3)[C@H]2c2cccn2-c2ccc3ccccc3c2)cc1NC(C)=O. The number of nitrogens with one attached hydrogen (secondary N) is 2. The smallest absolute Gasteiger partial charge is 0.221 e. The number of rotatable bonds is 6. The third kappa shape index (κ3) is 4.59. The second kappa shape index (κ2) is 10.2. The molecular formula is C31H27N5O2S. The van der Waals surface area contributed by atoms with Crippen LogP contribution in [-0.4, -0.2) is 27.7 Å². The highest BCUT2D eigenvalue weighted by Gasteiger charge is 2.42. The van der Waals surface area contributed by atoms with Crippen molar-refractivity contribution < 1.29 is 9.53 Å². The maximum Gasteiger partial charge on any atom is 0.221 e. The van der Waals surface area contributed by atoms with Crippen LogP contribution in [-0.2, 0) is 4.79 Å². The Morgan fingerprint density at radius 1 is 0.949 bits per heavy atom. The van der Waals surface area contributed by atoms with Gasteiger partial charge in [-0.05, 0) is 77.6 Å². The van der Waals surface area contributed by atoms with E-state index in [4.69, 9.17) is 17.0 Å². The molecule has 1 aliphatic rings. The van der Waals surface area contributed by atoms with E-state index in [-0.39, 0.29) is 18.0 Å². The van der Waals surface area contributed by atoms with Gasteiger partial charge in [-0.25, -0.2) is 0 Å². The lowest BCUT2D eigenvalue weighted by Gasteiger charge is -2.29. The Bertz CT molecular complexity index is 1680. The molecule has 1 aliphatic heterocycles. The summed E-state index contributed by atoms with van der Waals surface area (Å²) >= 11 is 5.93. The molecule has 2 N–H and O–H groups in total. The third-order valence-electron chi connectivity index (χ3n) is 6.96. The molecule has 7 nitrogen and oxygen atoms in total. The van der Waals surface area contributed by atoms with Gasteiger partial charge < -0.3 is 24.8 Å². The van der Waals surface area contributed by atoms with Crippen molar-refractivity contribution in [3.05, 3.63) is 115 Å². The number of thiocarbonyl (C=S) groups is 1. The summed E-state index contributed by atoms with van der Waals surface area (Å²) in [4.78, 5) is 18.7. The summed E-state index contributed by atoms with van der Waals surface area (Å²) in [6.45, 7) is 1.48. The van der Waals surface area contributed by atoms with E-state index in [0.29, 0.717) is 16.5 Å². The number of amides is 1. The number of carbonyl (C=O) groups is 1. The van der Waals surface area contributed by atoms with Crippen LogP contribution in [0, 0.1) is 0 Å².